The molecule has 1 aliphatic heterocycles. The predicted molar refractivity (Wildman–Crippen MR) is 77.4 cm³/mol. The number of hydrogen-bond donors (Lipinski definition) is 1. The Morgan fingerprint density at radius 3 is 2.41 bits per heavy atom. The maximum Gasteiger partial charge on any atom is 0.165 e. The van der Waals surface area contributed by atoms with Crippen LogP contribution in [0.15, 0.2) is 41.3 Å². The van der Waals surface area contributed by atoms with Gasteiger partial charge in [0.05, 0.1) is 13.2 Å². The molecule has 0 radical (unpaired) electrons. The van der Waals surface area contributed by atoms with Crippen molar-refractivity contribution in [1.82, 2.24) is 0 Å². The zero-order valence-corrected chi connectivity index (χ0v) is 12.2. The maximum atomic E-state index is 14.2. The zero-order chi connectivity index (χ0) is 15.7. The molecule has 1 N–H and O–H groups in total. The lowest BCUT2D eigenvalue weighted by Gasteiger charge is -2.32. The largest absolute Gasteiger partial charge is 0.490 e. The van der Waals surface area contributed by atoms with Gasteiger partial charge in [0.1, 0.15) is 11.6 Å². The van der Waals surface area contributed by atoms with Crippen LogP contribution in [-0.2, 0) is 0 Å². The highest BCUT2D eigenvalue weighted by atomic mass is 32.2. The molecule has 2 aromatic rings. The Balaban J connectivity index is 2.01. The van der Waals surface area contributed by atoms with Gasteiger partial charge in [-0.15, -0.1) is 11.8 Å². The van der Waals surface area contributed by atoms with Crippen molar-refractivity contribution < 1.29 is 23.0 Å². The van der Waals surface area contributed by atoms with E-state index in [1.807, 2.05) is 0 Å². The van der Waals surface area contributed by atoms with Crippen molar-refractivity contribution in [1.29, 1.82) is 0 Å². The van der Waals surface area contributed by atoms with Crippen molar-refractivity contribution in [3.63, 3.8) is 0 Å². The molecule has 1 aliphatic rings. The van der Waals surface area contributed by atoms with Crippen LogP contribution in [0.5, 0.6) is 5.75 Å². The summed E-state index contributed by atoms with van der Waals surface area (Å²) in [4.78, 5) is 0.710. The zero-order valence-electron chi connectivity index (χ0n) is 11.4. The summed E-state index contributed by atoms with van der Waals surface area (Å²) in [7, 11) is 0. The van der Waals surface area contributed by atoms with Gasteiger partial charge < -0.3 is 9.84 Å². The number of benzene rings is 2. The highest BCUT2D eigenvalue weighted by molar-refractivity contribution is 7.99. The monoisotopic (exact) mass is 326 g/mol. The maximum absolute atomic E-state index is 14.2. The number of aliphatic hydroxyl groups is 1. The predicted octanol–water partition coefficient (Wildman–Crippen LogP) is 3.94. The summed E-state index contributed by atoms with van der Waals surface area (Å²) in [5.41, 5.74) is 0.111. The number of aliphatic hydroxyl groups excluding tert-OH is 1. The normalized spacial score (nSPS) is 20.4. The fraction of sp³-hybridized carbons (Fsp3) is 0.250. The fourth-order valence-electron chi connectivity index (χ4n) is 2.44. The summed E-state index contributed by atoms with van der Waals surface area (Å²) in [6.07, 6.45) is 0. The van der Waals surface area contributed by atoms with Gasteiger partial charge in [-0.2, -0.15) is 0 Å². The second-order valence-electron chi connectivity index (χ2n) is 5.02. The Labute approximate surface area is 129 Å². The lowest BCUT2D eigenvalue weighted by atomic mass is 9.96. The quantitative estimate of drug-likeness (QED) is 0.926. The Bertz CT molecular complexity index is 676. The molecule has 6 heteroatoms. The Morgan fingerprint density at radius 2 is 1.73 bits per heavy atom. The highest BCUT2D eigenvalue weighted by Crippen LogP contribution is 2.48. The molecule has 0 aromatic heterocycles. The van der Waals surface area contributed by atoms with Crippen molar-refractivity contribution in [2.75, 3.05) is 13.2 Å². The van der Waals surface area contributed by atoms with Crippen LogP contribution in [0, 0.1) is 23.4 Å². The van der Waals surface area contributed by atoms with Gasteiger partial charge >= 0.3 is 0 Å². The Kier molecular flexibility index (Phi) is 4.31. The van der Waals surface area contributed by atoms with Crippen molar-refractivity contribution in [3.05, 3.63) is 59.4 Å². The molecule has 3 rings (SSSR count). The summed E-state index contributed by atoms with van der Waals surface area (Å²) < 4.78 is 46.3. The van der Waals surface area contributed by atoms with Crippen molar-refractivity contribution >= 4 is 11.8 Å². The van der Waals surface area contributed by atoms with E-state index >= 15 is 0 Å². The number of hydrogen-bond acceptors (Lipinski definition) is 3. The molecule has 2 nitrogen and oxygen atoms in total. The van der Waals surface area contributed by atoms with Gasteiger partial charge in [0.25, 0.3) is 0 Å². The van der Waals surface area contributed by atoms with Gasteiger partial charge in [-0.25, -0.2) is 13.2 Å². The first-order valence-corrected chi connectivity index (χ1v) is 7.62. The second kappa shape index (κ2) is 6.22. The molecule has 2 aromatic carbocycles. The van der Waals surface area contributed by atoms with Gasteiger partial charge in [-0.1, -0.05) is 0 Å². The van der Waals surface area contributed by atoms with Crippen LogP contribution in [0.4, 0.5) is 13.2 Å². The Morgan fingerprint density at radius 1 is 1.05 bits per heavy atom. The lowest BCUT2D eigenvalue weighted by molar-refractivity contribution is 0.138. The van der Waals surface area contributed by atoms with Crippen LogP contribution >= 0.6 is 11.8 Å². The van der Waals surface area contributed by atoms with E-state index in [0.717, 1.165) is 12.1 Å². The minimum absolute atomic E-state index is 0.0999. The molecule has 1 heterocycles. The van der Waals surface area contributed by atoms with E-state index in [1.165, 1.54) is 23.9 Å². The Hall–Kier alpha value is -1.66. The molecule has 0 fully saturated rings. The van der Waals surface area contributed by atoms with Crippen LogP contribution in [0.3, 0.4) is 0 Å². The molecule has 0 saturated carbocycles. The van der Waals surface area contributed by atoms with E-state index in [-0.39, 0.29) is 36.3 Å². The summed E-state index contributed by atoms with van der Waals surface area (Å²) in [6.45, 7) is -0.114. The third-order valence-electron chi connectivity index (χ3n) is 3.56. The molecule has 0 saturated heterocycles. The fourth-order valence-corrected chi connectivity index (χ4v) is 3.72. The summed E-state index contributed by atoms with van der Waals surface area (Å²) >= 11 is 1.26. The summed E-state index contributed by atoms with van der Waals surface area (Å²) in [5.74, 6) is -2.05. The van der Waals surface area contributed by atoms with E-state index in [9.17, 15) is 18.3 Å². The highest BCUT2D eigenvalue weighted by Gasteiger charge is 2.35. The second-order valence-corrected chi connectivity index (χ2v) is 6.23. The van der Waals surface area contributed by atoms with Gasteiger partial charge in [-0.3, -0.25) is 0 Å². The number of fused-ring (bicyclic) bond motifs is 1. The van der Waals surface area contributed by atoms with Crippen LogP contribution in [0.1, 0.15) is 10.8 Å². The number of rotatable bonds is 3. The van der Waals surface area contributed by atoms with E-state index in [4.69, 9.17) is 4.74 Å². The van der Waals surface area contributed by atoms with E-state index < -0.39 is 16.9 Å². The molecule has 116 valence electrons. The SMILES string of the molecule is OC[C@@H]1COc2c(F)ccc(F)c2[C@H]1Sc1ccc(F)cc1. The standard InChI is InChI=1S/C16H13F3O2S/c17-10-1-3-11(4-2-10)22-16-9(7-20)8-21-15-13(19)6-5-12(18)14(15)16/h1-6,9,16,20H,7-8H2/t9-,16+/m1/s1. The average molecular weight is 326 g/mol. The minimum atomic E-state index is -0.627. The first kappa shape index (κ1) is 15.2. The number of thioether (sulfide) groups is 1. The van der Waals surface area contributed by atoms with Crippen LogP contribution in [0.2, 0.25) is 0 Å². The average Bonchev–Trinajstić information content (AvgIpc) is 2.53. The van der Waals surface area contributed by atoms with Gasteiger partial charge in [0.15, 0.2) is 11.6 Å². The molecular formula is C16H13F3O2S. The van der Waals surface area contributed by atoms with Crippen LogP contribution in [-0.4, -0.2) is 18.3 Å². The third-order valence-corrected chi connectivity index (χ3v) is 4.98. The molecule has 0 amide bonds. The molecule has 2 atom stereocenters. The number of ether oxygens (including phenoxy) is 1. The van der Waals surface area contributed by atoms with Gasteiger partial charge in [0, 0.05) is 21.6 Å². The van der Waals surface area contributed by atoms with Crippen molar-refractivity contribution in [2.24, 2.45) is 5.92 Å². The molecule has 0 unspecified atom stereocenters. The van der Waals surface area contributed by atoms with E-state index in [1.54, 1.807) is 12.1 Å². The van der Waals surface area contributed by atoms with Crippen LogP contribution in [0.25, 0.3) is 0 Å². The van der Waals surface area contributed by atoms with Gasteiger partial charge in [0.2, 0.25) is 0 Å². The lowest BCUT2D eigenvalue weighted by Crippen LogP contribution is -2.28. The summed E-state index contributed by atoms with van der Waals surface area (Å²) in [6, 6.07) is 7.82. The molecule has 0 bridgehead atoms. The number of halogens is 3. The first-order valence-electron chi connectivity index (χ1n) is 6.74. The molecule has 0 spiro atoms. The molecule has 22 heavy (non-hydrogen) atoms. The smallest absolute Gasteiger partial charge is 0.165 e. The molecular weight excluding hydrogens is 313 g/mol. The van der Waals surface area contributed by atoms with Gasteiger partial charge in [-0.05, 0) is 36.4 Å². The van der Waals surface area contributed by atoms with E-state index in [0.29, 0.717) is 4.90 Å². The van der Waals surface area contributed by atoms with Crippen molar-refractivity contribution in [3.8, 4) is 5.75 Å². The third kappa shape index (κ3) is 2.80. The minimum Gasteiger partial charge on any atom is -0.490 e. The first-order chi connectivity index (χ1) is 10.6. The van der Waals surface area contributed by atoms with E-state index in [2.05, 4.69) is 0 Å². The van der Waals surface area contributed by atoms with Crippen molar-refractivity contribution in [2.45, 2.75) is 10.1 Å². The summed E-state index contributed by atoms with van der Waals surface area (Å²) in [5, 5.41) is 9.00. The van der Waals surface area contributed by atoms with Crippen LogP contribution < -0.4 is 4.74 Å². The molecule has 0 aliphatic carbocycles. The topological polar surface area (TPSA) is 29.5 Å².